The minimum absolute atomic E-state index is 0.234. The predicted octanol–water partition coefficient (Wildman–Crippen LogP) is 3.61. The van der Waals surface area contributed by atoms with Crippen LogP contribution in [0.1, 0.15) is 45.6 Å². The summed E-state index contributed by atoms with van der Waals surface area (Å²) in [5.41, 5.74) is 6.96. The molecule has 0 bridgehead atoms. The molecule has 2 amide bonds. The molecule has 25 heavy (non-hydrogen) atoms. The quantitative estimate of drug-likeness (QED) is 0.640. The van der Waals surface area contributed by atoms with Crippen molar-refractivity contribution in [3.05, 3.63) is 28.8 Å². The smallest absolute Gasteiger partial charge is 0.407 e. The Hall–Kier alpha value is -1.79. The van der Waals surface area contributed by atoms with Crippen LogP contribution in [0.3, 0.4) is 0 Å². The van der Waals surface area contributed by atoms with Gasteiger partial charge in [0.25, 0.3) is 0 Å². The molecular formula is C18H28ClN3O3. The minimum Gasteiger partial charge on any atom is -0.444 e. The van der Waals surface area contributed by atoms with Gasteiger partial charge in [0.2, 0.25) is 5.91 Å². The third-order valence-corrected chi connectivity index (χ3v) is 3.80. The Morgan fingerprint density at radius 3 is 2.56 bits per heavy atom. The van der Waals surface area contributed by atoms with Crippen molar-refractivity contribution in [2.24, 2.45) is 5.73 Å². The first-order chi connectivity index (χ1) is 11.6. The molecule has 0 aliphatic rings. The van der Waals surface area contributed by atoms with Gasteiger partial charge in [0.05, 0.1) is 6.04 Å². The van der Waals surface area contributed by atoms with Crippen molar-refractivity contribution < 1.29 is 14.3 Å². The summed E-state index contributed by atoms with van der Waals surface area (Å²) >= 11 is 5.96. The molecule has 0 saturated heterocycles. The van der Waals surface area contributed by atoms with Gasteiger partial charge >= 0.3 is 6.09 Å². The van der Waals surface area contributed by atoms with Gasteiger partial charge < -0.3 is 21.1 Å². The Morgan fingerprint density at radius 1 is 1.28 bits per heavy atom. The molecular weight excluding hydrogens is 342 g/mol. The van der Waals surface area contributed by atoms with Gasteiger partial charge in [-0.15, -0.1) is 0 Å². The maximum Gasteiger partial charge on any atom is 0.407 e. The van der Waals surface area contributed by atoms with Crippen LogP contribution in [0.5, 0.6) is 0 Å². The third kappa shape index (κ3) is 8.74. The fourth-order valence-electron chi connectivity index (χ4n) is 2.08. The number of amides is 2. The second kappa shape index (κ2) is 9.63. The zero-order valence-corrected chi connectivity index (χ0v) is 16.1. The molecule has 0 unspecified atom stereocenters. The topological polar surface area (TPSA) is 93.5 Å². The van der Waals surface area contributed by atoms with E-state index in [2.05, 4.69) is 10.6 Å². The van der Waals surface area contributed by atoms with Crippen molar-refractivity contribution in [3.63, 3.8) is 0 Å². The number of hydrogen-bond donors (Lipinski definition) is 3. The van der Waals surface area contributed by atoms with E-state index < -0.39 is 17.7 Å². The highest BCUT2D eigenvalue weighted by molar-refractivity contribution is 6.31. The second-order valence-electron chi connectivity index (χ2n) is 6.98. The first-order valence-electron chi connectivity index (χ1n) is 8.38. The number of halogens is 1. The van der Waals surface area contributed by atoms with Crippen molar-refractivity contribution >= 4 is 29.3 Å². The fraction of sp³-hybridized carbons (Fsp3) is 0.556. The highest BCUT2D eigenvalue weighted by Crippen LogP contribution is 2.19. The molecule has 0 spiro atoms. The van der Waals surface area contributed by atoms with E-state index in [-0.39, 0.29) is 5.91 Å². The van der Waals surface area contributed by atoms with Crippen molar-refractivity contribution in [1.29, 1.82) is 0 Å². The monoisotopic (exact) mass is 369 g/mol. The number of anilines is 1. The van der Waals surface area contributed by atoms with Crippen LogP contribution in [0.2, 0.25) is 5.02 Å². The van der Waals surface area contributed by atoms with Gasteiger partial charge in [-0.1, -0.05) is 11.6 Å². The van der Waals surface area contributed by atoms with Crippen LogP contribution < -0.4 is 16.4 Å². The van der Waals surface area contributed by atoms with Crippen LogP contribution in [-0.4, -0.2) is 30.2 Å². The van der Waals surface area contributed by atoms with Gasteiger partial charge in [-0.2, -0.15) is 0 Å². The number of ether oxygens (including phenoxy) is 1. The molecule has 0 fully saturated rings. The van der Waals surface area contributed by atoms with E-state index in [4.69, 9.17) is 22.1 Å². The number of nitrogens with one attached hydrogen (secondary N) is 2. The summed E-state index contributed by atoms with van der Waals surface area (Å²) in [6.07, 6.45) is 1.55. The molecule has 7 heteroatoms. The summed E-state index contributed by atoms with van der Waals surface area (Å²) in [6, 6.07) is 4.68. The molecule has 140 valence electrons. The van der Waals surface area contributed by atoms with Gasteiger partial charge in [-0.05, 0) is 70.7 Å². The number of carbonyl (C=O) groups excluding carboxylic acids is 2. The van der Waals surface area contributed by atoms with E-state index in [0.717, 1.165) is 18.4 Å². The van der Waals surface area contributed by atoms with Crippen molar-refractivity contribution in [3.8, 4) is 0 Å². The molecule has 1 rings (SSSR count). The normalized spacial score (nSPS) is 12.4. The summed E-state index contributed by atoms with van der Waals surface area (Å²) in [4.78, 5) is 23.6. The first-order valence-corrected chi connectivity index (χ1v) is 8.76. The summed E-state index contributed by atoms with van der Waals surface area (Å²) in [7, 11) is 0. The second-order valence-corrected chi connectivity index (χ2v) is 7.39. The van der Waals surface area contributed by atoms with Crippen LogP contribution >= 0.6 is 11.6 Å². The van der Waals surface area contributed by atoms with E-state index in [0.29, 0.717) is 23.7 Å². The van der Waals surface area contributed by atoms with Crippen molar-refractivity contribution in [2.75, 3.05) is 11.9 Å². The SMILES string of the molecule is Cc1cc(NC(=O)[C@@H](N)CCCCNC(=O)OC(C)(C)C)ccc1Cl. The molecule has 4 N–H and O–H groups in total. The molecule has 1 atom stereocenters. The largest absolute Gasteiger partial charge is 0.444 e. The highest BCUT2D eigenvalue weighted by atomic mass is 35.5. The molecule has 0 aromatic heterocycles. The molecule has 1 aromatic rings. The molecule has 6 nitrogen and oxygen atoms in total. The van der Waals surface area contributed by atoms with Gasteiger partial charge in [-0.25, -0.2) is 4.79 Å². The van der Waals surface area contributed by atoms with Crippen LogP contribution in [0.15, 0.2) is 18.2 Å². The standard InChI is InChI=1S/C18H28ClN3O3/c1-12-11-13(8-9-14(12)19)22-16(23)15(20)7-5-6-10-21-17(24)25-18(2,3)4/h8-9,11,15H,5-7,10,20H2,1-4H3,(H,21,24)(H,22,23)/t15-/m0/s1. The Morgan fingerprint density at radius 2 is 1.96 bits per heavy atom. The third-order valence-electron chi connectivity index (χ3n) is 3.37. The van der Waals surface area contributed by atoms with Gasteiger partial charge in [-0.3, -0.25) is 4.79 Å². The number of aryl methyl sites for hydroxylation is 1. The lowest BCUT2D eigenvalue weighted by Gasteiger charge is -2.19. The number of benzene rings is 1. The van der Waals surface area contributed by atoms with Gasteiger partial charge in [0, 0.05) is 17.3 Å². The number of unbranched alkanes of at least 4 members (excludes halogenated alkanes) is 1. The van der Waals surface area contributed by atoms with Gasteiger partial charge in [0.15, 0.2) is 0 Å². The van der Waals surface area contributed by atoms with E-state index in [1.807, 2.05) is 27.7 Å². The summed E-state index contributed by atoms with van der Waals surface area (Å²) in [6.45, 7) is 7.79. The summed E-state index contributed by atoms with van der Waals surface area (Å²) < 4.78 is 5.14. The lowest BCUT2D eigenvalue weighted by molar-refractivity contribution is -0.117. The van der Waals surface area contributed by atoms with Crippen LogP contribution in [0, 0.1) is 6.92 Å². The van der Waals surface area contributed by atoms with Crippen LogP contribution in [-0.2, 0) is 9.53 Å². The maximum absolute atomic E-state index is 12.1. The molecule has 0 aliphatic carbocycles. The predicted molar refractivity (Wildman–Crippen MR) is 101 cm³/mol. The molecule has 0 radical (unpaired) electrons. The average Bonchev–Trinajstić information content (AvgIpc) is 2.48. The van der Waals surface area contributed by atoms with Gasteiger partial charge in [0.1, 0.15) is 5.60 Å². The zero-order valence-electron chi connectivity index (χ0n) is 15.3. The summed E-state index contributed by atoms with van der Waals surface area (Å²) in [5, 5.41) is 6.11. The van der Waals surface area contributed by atoms with Crippen LogP contribution in [0.4, 0.5) is 10.5 Å². The molecule has 1 aromatic carbocycles. The zero-order chi connectivity index (χ0) is 19.0. The maximum atomic E-state index is 12.1. The first kappa shape index (κ1) is 21.3. The lowest BCUT2D eigenvalue weighted by Crippen LogP contribution is -2.36. The Labute approximate surface area is 154 Å². The van der Waals surface area contributed by atoms with Crippen molar-refractivity contribution in [1.82, 2.24) is 5.32 Å². The van der Waals surface area contributed by atoms with Crippen molar-refractivity contribution in [2.45, 2.75) is 58.6 Å². The number of rotatable bonds is 7. The van der Waals surface area contributed by atoms with Crippen LogP contribution in [0.25, 0.3) is 0 Å². The molecule has 0 heterocycles. The fourth-order valence-corrected chi connectivity index (χ4v) is 2.20. The highest BCUT2D eigenvalue weighted by Gasteiger charge is 2.16. The van der Waals surface area contributed by atoms with E-state index in [9.17, 15) is 9.59 Å². The average molecular weight is 370 g/mol. The number of alkyl carbamates (subject to hydrolysis) is 1. The van der Waals surface area contributed by atoms with E-state index in [1.165, 1.54) is 0 Å². The lowest BCUT2D eigenvalue weighted by atomic mass is 10.1. The summed E-state index contributed by atoms with van der Waals surface area (Å²) in [5.74, 6) is -0.234. The minimum atomic E-state index is -0.600. The molecule has 0 saturated carbocycles. The Bertz CT molecular complexity index is 600. The Kier molecular flexibility index (Phi) is 8.19. The van der Waals surface area contributed by atoms with E-state index >= 15 is 0 Å². The molecule has 0 aliphatic heterocycles. The Balaban J connectivity index is 2.25. The number of hydrogen-bond acceptors (Lipinski definition) is 4. The number of nitrogens with two attached hydrogens (primary N) is 1. The number of carbonyl (C=O) groups is 2. The van der Waals surface area contributed by atoms with E-state index in [1.54, 1.807) is 18.2 Å².